The van der Waals surface area contributed by atoms with Crippen molar-refractivity contribution in [2.45, 2.75) is 109 Å². The lowest BCUT2D eigenvalue weighted by Gasteiger charge is -2.34. The molecule has 4 atom stereocenters. The highest BCUT2D eigenvalue weighted by molar-refractivity contribution is 7.92. The molecule has 1 aliphatic carbocycles. The Balaban J connectivity index is 1.92. The number of carbonyl (C=O) groups excluding carboxylic acids is 2. The summed E-state index contributed by atoms with van der Waals surface area (Å²) in [6.45, 7) is 8.36. The van der Waals surface area contributed by atoms with Crippen LogP contribution < -0.4 is 10.6 Å². The number of amides is 2. The van der Waals surface area contributed by atoms with Crippen LogP contribution in [0.15, 0.2) is 48.4 Å². The number of H-pyrrole nitrogens is 1. The number of aromatic amines is 1. The highest BCUT2D eigenvalue weighted by Gasteiger charge is 2.36. The SMILES string of the molecule is CC(C)[C@H](O)[C@H](O)[C@H](CC1CCCCC1)NC(=O)[C@H](Cc1cnc[nH]1)NC(=O)C(=Cc1ccccc1)CS(=O)(=O)C(C)(C)C. The van der Waals surface area contributed by atoms with Gasteiger partial charge < -0.3 is 25.8 Å². The van der Waals surface area contributed by atoms with Crippen LogP contribution in [0.5, 0.6) is 0 Å². The summed E-state index contributed by atoms with van der Waals surface area (Å²) in [7, 11) is -3.74. The standard InChI is InChI=1S/C33H50N4O6S/c1-22(2)29(38)30(39)27(17-24-14-10-7-11-15-24)36-32(41)28(18-26-19-34-21-35-26)37-31(40)25(16-23-12-8-6-9-13-23)20-44(42,43)33(3,4)5/h6,8-9,12-13,16,19,21-22,24,27-30,38-39H,7,10-11,14-15,17-18,20H2,1-5H3,(H,34,35)(H,36,41)(H,37,40)/t27-,28-,29-,30+/m0/s1. The summed E-state index contributed by atoms with van der Waals surface area (Å²) >= 11 is 0. The second-order valence-electron chi connectivity index (χ2n) is 13.3. The van der Waals surface area contributed by atoms with E-state index in [0.29, 0.717) is 23.6 Å². The molecule has 5 N–H and O–H groups in total. The van der Waals surface area contributed by atoms with E-state index < -0.39 is 56.4 Å². The van der Waals surface area contributed by atoms with Gasteiger partial charge in [-0.25, -0.2) is 13.4 Å². The Morgan fingerprint density at radius 3 is 2.27 bits per heavy atom. The zero-order chi connectivity index (χ0) is 32.5. The zero-order valence-electron chi connectivity index (χ0n) is 26.6. The first-order chi connectivity index (χ1) is 20.7. The summed E-state index contributed by atoms with van der Waals surface area (Å²) in [4.78, 5) is 34.7. The van der Waals surface area contributed by atoms with Crippen LogP contribution in [0, 0.1) is 11.8 Å². The van der Waals surface area contributed by atoms with E-state index in [9.17, 15) is 28.2 Å². The third-order valence-corrected chi connectivity index (χ3v) is 11.0. The van der Waals surface area contributed by atoms with Gasteiger partial charge >= 0.3 is 0 Å². The lowest BCUT2D eigenvalue weighted by atomic mass is 9.82. The first-order valence-electron chi connectivity index (χ1n) is 15.6. The molecule has 1 heterocycles. The van der Waals surface area contributed by atoms with E-state index in [1.807, 2.05) is 6.07 Å². The van der Waals surface area contributed by atoms with E-state index in [1.54, 1.807) is 65.1 Å². The van der Waals surface area contributed by atoms with Gasteiger partial charge in [0.05, 0.1) is 29.0 Å². The summed E-state index contributed by atoms with van der Waals surface area (Å²) in [6.07, 6.45) is 8.16. The number of aliphatic hydroxyl groups is 2. The van der Waals surface area contributed by atoms with Crippen LogP contribution in [0.4, 0.5) is 0 Å². The fraction of sp³-hybridized carbons (Fsp3) is 0.606. The Morgan fingerprint density at radius 2 is 1.70 bits per heavy atom. The lowest BCUT2D eigenvalue weighted by Crippen LogP contribution is -2.56. The molecule has 1 aromatic carbocycles. The minimum absolute atomic E-state index is 0.00237. The van der Waals surface area contributed by atoms with Crippen LogP contribution >= 0.6 is 0 Å². The number of benzene rings is 1. The molecule has 1 fully saturated rings. The Bertz CT molecular complexity index is 1330. The molecule has 0 aliphatic heterocycles. The van der Waals surface area contributed by atoms with Crippen molar-refractivity contribution in [3.05, 3.63) is 59.7 Å². The second-order valence-corrected chi connectivity index (χ2v) is 16.1. The third-order valence-electron chi connectivity index (χ3n) is 8.40. The zero-order valence-corrected chi connectivity index (χ0v) is 27.4. The Hall–Kier alpha value is -3.02. The number of hydrogen-bond donors (Lipinski definition) is 5. The number of nitrogens with zero attached hydrogens (tertiary/aromatic N) is 1. The van der Waals surface area contributed by atoms with Gasteiger partial charge in [-0.2, -0.15) is 0 Å². The van der Waals surface area contributed by atoms with Gasteiger partial charge in [-0.3, -0.25) is 9.59 Å². The second kappa shape index (κ2) is 15.8. The highest BCUT2D eigenvalue weighted by Crippen LogP contribution is 2.29. The number of nitrogens with one attached hydrogen (secondary N) is 3. The molecule has 1 aliphatic rings. The Kier molecular flexibility index (Phi) is 12.7. The first kappa shape index (κ1) is 35.5. The predicted octanol–water partition coefficient (Wildman–Crippen LogP) is 3.57. The maximum Gasteiger partial charge on any atom is 0.248 e. The van der Waals surface area contributed by atoms with Crippen molar-refractivity contribution < 1.29 is 28.2 Å². The smallest absolute Gasteiger partial charge is 0.248 e. The largest absolute Gasteiger partial charge is 0.390 e. The molecule has 0 spiro atoms. The summed E-state index contributed by atoms with van der Waals surface area (Å²) in [5.41, 5.74) is 1.24. The fourth-order valence-corrected chi connectivity index (χ4v) is 6.46. The summed E-state index contributed by atoms with van der Waals surface area (Å²) in [5, 5.41) is 27.6. The topological polar surface area (TPSA) is 161 Å². The van der Waals surface area contributed by atoms with Crippen molar-refractivity contribution >= 4 is 27.7 Å². The number of aliphatic hydroxyl groups excluding tert-OH is 2. The average molecular weight is 631 g/mol. The van der Waals surface area contributed by atoms with Crippen LogP contribution in [-0.4, -0.2) is 75.2 Å². The molecule has 1 aromatic heterocycles. The van der Waals surface area contributed by atoms with Crippen LogP contribution in [0.3, 0.4) is 0 Å². The number of rotatable bonds is 14. The number of carbonyl (C=O) groups is 2. The minimum Gasteiger partial charge on any atom is -0.390 e. The molecule has 244 valence electrons. The molecule has 0 bridgehead atoms. The van der Waals surface area contributed by atoms with Crippen molar-refractivity contribution in [1.82, 2.24) is 20.6 Å². The molecule has 3 rings (SSSR count). The predicted molar refractivity (Wildman–Crippen MR) is 172 cm³/mol. The molecule has 44 heavy (non-hydrogen) atoms. The van der Waals surface area contributed by atoms with Gasteiger partial charge in [-0.05, 0) is 50.7 Å². The normalized spacial score (nSPS) is 18.0. The third kappa shape index (κ3) is 10.3. The lowest BCUT2D eigenvalue weighted by molar-refractivity contribution is -0.129. The maximum atomic E-state index is 13.9. The minimum atomic E-state index is -3.74. The quantitative estimate of drug-likeness (QED) is 0.199. The Morgan fingerprint density at radius 1 is 1.05 bits per heavy atom. The summed E-state index contributed by atoms with van der Waals surface area (Å²) < 4.78 is 25.3. The molecule has 0 radical (unpaired) electrons. The van der Waals surface area contributed by atoms with Gasteiger partial charge in [0.1, 0.15) is 12.1 Å². The van der Waals surface area contributed by atoms with Gasteiger partial charge in [0, 0.05) is 23.9 Å². The molecule has 0 saturated heterocycles. The molecule has 1 saturated carbocycles. The van der Waals surface area contributed by atoms with Gasteiger partial charge in [0.25, 0.3) is 0 Å². The first-order valence-corrected chi connectivity index (χ1v) is 17.3. The molecular weight excluding hydrogens is 580 g/mol. The van der Waals surface area contributed by atoms with E-state index in [2.05, 4.69) is 20.6 Å². The van der Waals surface area contributed by atoms with Gasteiger partial charge in [0.2, 0.25) is 11.8 Å². The summed E-state index contributed by atoms with van der Waals surface area (Å²) in [6, 6.07) is 7.09. The highest BCUT2D eigenvalue weighted by atomic mass is 32.2. The number of sulfone groups is 1. The molecule has 10 nitrogen and oxygen atoms in total. The van der Waals surface area contributed by atoms with Gasteiger partial charge in [0.15, 0.2) is 9.84 Å². The molecule has 2 amide bonds. The fourth-order valence-electron chi connectivity index (χ4n) is 5.40. The van der Waals surface area contributed by atoms with Gasteiger partial charge in [-0.1, -0.05) is 76.3 Å². The van der Waals surface area contributed by atoms with Crippen molar-refractivity contribution in [3.63, 3.8) is 0 Å². The van der Waals surface area contributed by atoms with Crippen LogP contribution in [0.1, 0.15) is 84.4 Å². The van der Waals surface area contributed by atoms with E-state index >= 15 is 0 Å². The molecule has 0 unspecified atom stereocenters. The van der Waals surface area contributed by atoms with Crippen molar-refractivity contribution in [2.75, 3.05) is 5.75 Å². The molecule has 11 heteroatoms. The maximum absolute atomic E-state index is 13.9. The van der Waals surface area contributed by atoms with Crippen molar-refractivity contribution in [2.24, 2.45) is 11.8 Å². The van der Waals surface area contributed by atoms with E-state index in [0.717, 1.165) is 32.1 Å². The average Bonchev–Trinajstić information content (AvgIpc) is 3.49. The van der Waals surface area contributed by atoms with E-state index in [-0.39, 0.29) is 17.9 Å². The van der Waals surface area contributed by atoms with Gasteiger partial charge in [-0.15, -0.1) is 0 Å². The van der Waals surface area contributed by atoms with Crippen molar-refractivity contribution in [3.8, 4) is 0 Å². The van der Waals surface area contributed by atoms with Crippen LogP contribution in [0.25, 0.3) is 6.08 Å². The number of aromatic nitrogens is 2. The van der Waals surface area contributed by atoms with Crippen molar-refractivity contribution in [1.29, 1.82) is 0 Å². The van der Waals surface area contributed by atoms with E-state index in [1.165, 1.54) is 12.4 Å². The Labute approximate surface area is 262 Å². The summed E-state index contributed by atoms with van der Waals surface area (Å²) in [5.74, 6) is -1.67. The molecular formula is C33H50N4O6S. The number of imidazole rings is 1. The van der Waals surface area contributed by atoms with Crippen LogP contribution in [0.2, 0.25) is 0 Å². The number of hydrogen-bond acceptors (Lipinski definition) is 7. The van der Waals surface area contributed by atoms with Crippen LogP contribution in [-0.2, 0) is 25.8 Å². The van der Waals surface area contributed by atoms with E-state index in [4.69, 9.17) is 0 Å². The molecule has 2 aromatic rings. The monoisotopic (exact) mass is 630 g/mol.